The first-order valence-electron chi connectivity index (χ1n) is 7.60. The van der Waals surface area contributed by atoms with Crippen molar-refractivity contribution in [2.24, 2.45) is 5.73 Å². The molecule has 1 aromatic carbocycles. The van der Waals surface area contributed by atoms with Gasteiger partial charge in [0.1, 0.15) is 11.9 Å². The summed E-state index contributed by atoms with van der Waals surface area (Å²) < 4.78 is 14.3. The molecule has 3 rings (SSSR count). The number of hydrogen-bond acceptors (Lipinski definition) is 3. The molecule has 2 fully saturated rings. The maximum absolute atomic E-state index is 6.29. The SMILES string of the molecule is NCc1cc(Br)c(OC2CCOC3(CCCC3)C2)c(Br)c1. The Kier molecular flexibility index (Phi) is 4.94. The second-order valence-corrected chi connectivity index (χ2v) is 7.77. The van der Waals surface area contributed by atoms with Crippen molar-refractivity contribution >= 4 is 31.9 Å². The standard InChI is InChI=1S/C16H21Br2NO2/c17-13-7-11(10-19)8-14(18)15(13)21-12-3-6-20-16(9-12)4-1-2-5-16/h7-8,12H,1-6,9-10,19H2. The Morgan fingerprint density at radius 2 is 1.90 bits per heavy atom. The third-order valence-electron chi connectivity index (χ3n) is 4.54. The molecule has 1 aromatic rings. The molecule has 1 aliphatic heterocycles. The van der Waals surface area contributed by atoms with Crippen LogP contribution in [0.2, 0.25) is 0 Å². The molecule has 5 heteroatoms. The molecule has 0 amide bonds. The van der Waals surface area contributed by atoms with Gasteiger partial charge in [0.25, 0.3) is 0 Å². The largest absolute Gasteiger partial charge is 0.488 e. The Morgan fingerprint density at radius 3 is 2.52 bits per heavy atom. The summed E-state index contributed by atoms with van der Waals surface area (Å²) in [6, 6.07) is 4.06. The lowest BCUT2D eigenvalue weighted by Crippen LogP contribution is -2.41. The summed E-state index contributed by atoms with van der Waals surface area (Å²) in [6.45, 7) is 1.33. The van der Waals surface area contributed by atoms with Crippen LogP contribution in [-0.2, 0) is 11.3 Å². The first kappa shape index (κ1) is 15.8. The van der Waals surface area contributed by atoms with Gasteiger partial charge >= 0.3 is 0 Å². The molecule has 1 unspecified atom stereocenters. The second-order valence-electron chi connectivity index (χ2n) is 6.06. The number of halogens is 2. The van der Waals surface area contributed by atoms with Crippen molar-refractivity contribution < 1.29 is 9.47 Å². The molecule has 1 saturated carbocycles. The molecule has 116 valence electrons. The van der Waals surface area contributed by atoms with E-state index in [1.54, 1.807) is 0 Å². The van der Waals surface area contributed by atoms with E-state index in [1.807, 2.05) is 12.1 Å². The molecule has 1 saturated heterocycles. The van der Waals surface area contributed by atoms with E-state index in [1.165, 1.54) is 25.7 Å². The van der Waals surface area contributed by atoms with Crippen LogP contribution >= 0.6 is 31.9 Å². The summed E-state index contributed by atoms with van der Waals surface area (Å²) >= 11 is 7.20. The van der Waals surface area contributed by atoms with Crippen LogP contribution in [0.1, 0.15) is 44.1 Å². The van der Waals surface area contributed by atoms with E-state index in [0.717, 1.165) is 39.7 Å². The van der Waals surface area contributed by atoms with Gasteiger partial charge in [-0.15, -0.1) is 0 Å². The van der Waals surface area contributed by atoms with Gasteiger partial charge in [-0.1, -0.05) is 12.8 Å². The Hall–Kier alpha value is -0.100. The minimum absolute atomic E-state index is 0.0824. The van der Waals surface area contributed by atoms with E-state index in [4.69, 9.17) is 15.2 Å². The van der Waals surface area contributed by atoms with Crippen LogP contribution in [-0.4, -0.2) is 18.3 Å². The highest BCUT2D eigenvalue weighted by Crippen LogP contribution is 2.42. The fourth-order valence-electron chi connectivity index (χ4n) is 3.46. The first-order chi connectivity index (χ1) is 10.1. The molecule has 1 atom stereocenters. The summed E-state index contributed by atoms with van der Waals surface area (Å²) in [7, 11) is 0. The first-order valence-corrected chi connectivity index (χ1v) is 9.19. The van der Waals surface area contributed by atoms with Gasteiger partial charge in [0.2, 0.25) is 0 Å². The number of benzene rings is 1. The molecular formula is C16H21Br2NO2. The fraction of sp³-hybridized carbons (Fsp3) is 0.625. The highest BCUT2D eigenvalue weighted by molar-refractivity contribution is 9.11. The number of hydrogen-bond donors (Lipinski definition) is 1. The van der Waals surface area contributed by atoms with Gasteiger partial charge in [0.05, 0.1) is 21.2 Å². The van der Waals surface area contributed by atoms with Crippen molar-refractivity contribution in [2.75, 3.05) is 6.61 Å². The predicted octanol–water partition coefficient (Wildman–Crippen LogP) is 4.54. The zero-order valence-corrected chi connectivity index (χ0v) is 15.2. The number of rotatable bonds is 3. The molecule has 3 nitrogen and oxygen atoms in total. The average Bonchev–Trinajstić information content (AvgIpc) is 2.90. The van der Waals surface area contributed by atoms with E-state index in [-0.39, 0.29) is 11.7 Å². The van der Waals surface area contributed by atoms with Gasteiger partial charge in [-0.25, -0.2) is 0 Å². The van der Waals surface area contributed by atoms with Crippen LogP contribution in [0.5, 0.6) is 5.75 Å². The van der Waals surface area contributed by atoms with E-state index in [9.17, 15) is 0 Å². The molecule has 0 radical (unpaired) electrons. The van der Waals surface area contributed by atoms with Crippen LogP contribution < -0.4 is 10.5 Å². The van der Waals surface area contributed by atoms with Gasteiger partial charge in [0.15, 0.2) is 0 Å². The highest BCUT2D eigenvalue weighted by Gasteiger charge is 2.40. The lowest BCUT2D eigenvalue weighted by molar-refractivity contribution is -0.108. The predicted molar refractivity (Wildman–Crippen MR) is 90.5 cm³/mol. The van der Waals surface area contributed by atoms with Crippen LogP contribution in [0, 0.1) is 0 Å². The van der Waals surface area contributed by atoms with E-state index < -0.39 is 0 Å². The van der Waals surface area contributed by atoms with Gasteiger partial charge in [-0.05, 0) is 62.4 Å². The van der Waals surface area contributed by atoms with Gasteiger partial charge < -0.3 is 15.2 Å². The zero-order valence-electron chi connectivity index (χ0n) is 12.0. The molecule has 1 spiro atoms. The van der Waals surface area contributed by atoms with E-state index in [2.05, 4.69) is 31.9 Å². The monoisotopic (exact) mass is 417 g/mol. The lowest BCUT2D eigenvalue weighted by Gasteiger charge is -2.38. The Bertz CT molecular complexity index is 492. The summed E-state index contributed by atoms with van der Waals surface area (Å²) in [4.78, 5) is 0. The minimum Gasteiger partial charge on any atom is -0.488 e. The average molecular weight is 419 g/mol. The molecule has 1 aliphatic carbocycles. The van der Waals surface area contributed by atoms with Crippen molar-refractivity contribution in [2.45, 2.75) is 56.8 Å². The van der Waals surface area contributed by atoms with Crippen molar-refractivity contribution in [3.8, 4) is 5.75 Å². The maximum Gasteiger partial charge on any atom is 0.148 e. The Labute approximate surface area is 142 Å². The lowest BCUT2D eigenvalue weighted by atomic mass is 9.90. The molecule has 0 bridgehead atoms. The summed E-state index contributed by atoms with van der Waals surface area (Å²) in [6.07, 6.45) is 7.12. The van der Waals surface area contributed by atoms with Gasteiger partial charge in [0, 0.05) is 19.4 Å². The minimum atomic E-state index is 0.0824. The maximum atomic E-state index is 6.29. The third kappa shape index (κ3) is 3.46. The second kappa shape index (κ2) is 6.57. The highest BCUT2D eigenvalue weighted by atomic mass is 79.9. The zero-order chi connectivity index (χ0) is 14.9. The van der Waals surface area contributed by atoms with Gasteiger partial charge in [-0.2, -0.15) is 0 Å². The summed E-state index contributed by atoms with van der Waals surface area (Å²) in [5.41, 5.74) is 6.87. The van der Waals surface area contributed by atoms with Crippen LogP contribution in [0.4, 0.5) is 0 Å². The molecule has 2 aliphatic rings. The van der Waals surface area contributed by atoms with Crippen molar-refractivity contribution in [1.82, 2.24) is 0 Å². The normalized spacial score (nSPS) is 24.4. The summed E-state index contributed by atoms with van der Waals surface area (Å²) in [5.74, 6) is 0.882. The van der Waals surface area contributed by atoms with Crippen LogP contribution in [0.15, 0.2) is 21.1 Å². The number of nitrogens with two attached hydrogens (primary N) is 1. The quantitative estimate of drug-likeness (QED) is 0.783. The molecule has 0 aromatic heterocycles. The topological polar surface area (TPSA) is 44.5 Å². The van der Waals surface area contributed by atoms with Crippen LogP contribution in [0.3, 0.4) is 0 Å². The summed E-state index contributed by atoms with van der Waals surface area (Å²) in [5, 5.41) is 0. The molecular weight excluding hydrogens is 398 g/mol. The van der Waals surface area contributed by atoms with Crippen LogP contribution in [0.25, 0.3) is 0 Å². The number of ether oxygens (including phenoxy) is 2. The molecule has 1 heterocycles. The fourth-order valence-corrected chi connectivity index (χ4v) is 4.93. The van der Waals surface area contributed by atoms with Crippen molar-refractivity contribution in [3.63, 3.8) is 0 Å². The van der Waals surface area contributed by atoms with E-state index >= 15 is 0 Å². The third-order valence-corrected chi connectivity index (χ3v) is 5.72. The van der Waals surface area contributed by atoms with E-state index in [0.29, 0.717) is 6.54 Å². The van der Waals surface area contributed by atoms with Crippen molar-refractivity contribution in [1.29, 1.82) is 0 Å². The smallest absolute Gasteiger partial charge is 0.148 e. The Morgan fingerprint density at radius 1 is 1.24 bits per heavy atom. The Balaban J connectivity index is 1.74. The molecule has 21 heavy (non-hydrogen) atoms. The molecule has 2 N–H and O–H groups in total. The van der Waals surface area contributed by atoms with Gasteiger partial charge in [-0.3, -0.25) is 0 Å². The van der Waals surface area contributed by atoms with Crippen molar-refractivity contribution in [3.05, 3.63) is 26.6 Å².